The Hall–Kier alpha value is -2.09. The van der Waals surface area contributed by atoms with Crippen molar-refractivity contribution in [2.24, 2.45) is 5.92 Å². The Bertz CT molecular complexity index is 621. The fourth-order valence-corrected chi connectivity index (χ4v) is 3.40. The van der Waals surface area contributed by atoms with Gasteiger partial charge in [0.15, 0.2) is 0 Å². The molecule has 2 rings (SSSR count). The van der Waals surface area contributed by atoms with E-state index in [2.05, 4.69) is 19.1 Å². The molecule has 1 unspecified atom stereocenters. The number of hydrogen-bond acceptors (Lipinski definition) is 2. The van der Waals surface area contributed by atoms with Crippen LogP contribution in [0.2, 0.25) is 0 Å². The molecule has 0 saturated heterocycles. The van der Waals surface area contributed by atoms with Crippen molar-refractivity contribution in [2.45, 2.75) is 71.3 Å². The van der Waals surface area contributed by atoms with Crippen molar-refractivity contribution in [3.8, 4) is 0 Å². The maximum absolute atomic E-state index is 12.7. The summed E-state index contributed by atoms with van der Waals surface area (Å²) in [6.07, 6.45) is 10.5. The summed E-state index contributed by atoms with van der Waals surface area (Å²) in [5.74, 6) is -0.111. The molecule has 0 N–H and O–H groups in total. The summed E-state index contributed by atoms with van der Waals surface area (Å²) >= 11 is 0. The van der Waals surface area contributed by atoms with Gasteiger partial charge in [0.2, 0.25) is 0 Å². The molecule has 2 aromatic carbocycles. The minimum atomic E-state index is -0.0614. The van der Waals surface area contributed by atoms with Crippen LogP contribution in [0.25, 0.3) is 0 Å². The number of rotatable bonds is 13. The lowest BCUT2D eigenvalue weighted by Gasteiger charge is -2.16. The molecule has 2 nitrogen and oxygen atoms in total. The van der Waals surface area contributed by atoms with Gasteiger partial charge in [-0.3, -0.25) is 4.79 Å². The van der Waals surface area contributed by atoms with Gasteiger partial charge in [0.25, 0.3) is 0 Å². The predicted molar refractivity (Wildman–Crippen MR) is 112 cm³/mol. The van der Waals surface area contributed by atoms with Crippen LogP contribution in [0.3, 0.4) is 0 Å². The number of unbranched alkanes of at least 4 members (excludes halogenated alkanes) is 6. The molecular formula is C25H34O2. The van der Waals surface area contributed by atoms with Crippen molar-refractivity contribution in [3.63, 3.8) is 0 Å². The first-order chi connectivity index (χ1) is 13.3. The molecule has 27 heavy (non-hydrogen) atoms. The van der Waals surface area contributed by atoms with Crippen molar-refractivity contribution in [1.29, 1.82) is 0 Å². The third kappa shape index (κ3) is 8.90. The molecule has 0 radical (unpaired) electrons. The summed E-state index contributed by atoms with van der Waals surface area (Å²) in [5.41, 5.74) is 2.25. The van der Waals surface area contributed by atoms with Gasteiger partial charge in [0, 0.05) is 0 Å². The standard InChI is InChI=1S/C25H34O2/c1-2-3-4-5-6-7-14-19-24(20-22-15-10-8-11-16-22)25(26)27-21-23-17-12-9-13-18-23/h8-13,15-18,24H,2-7,14,19-21H2,1H3. The van der Waals surface area contributed by atoms with Crippen molar-refractivity contribution in [2.75, 3.05) is 0 Å². The van der Waals surface area contributed by atoms with Crippen LogP contribution < -0.4 is 0 Å². The van der Waals surface area contributed by atoms with Gasteiger partial charge in [0.05, 0.1) is 5.92 Å². The normalized spacial score (nSPS) is 11.9. The minimum Gasteiger partial charge on any atom is -0.461 e. The van der Waals surface area contributed by atoms with Gasteiger partial charge in [-0.25, -0.2) is 0 Å². The third-order valence-corrected chi connectivity index (χ3v) is 5.04. The van der Waals surface area contributed by atoms with Gasteiger partial charge in [0.1, 0.15) is 6.61 Å². The highest BCUT2D eigenvalue weighted by Crippen LogP contribution is 2.19. The predicted octanol–water partition coefficient (Wildman–Crippen LogP) is 6.73. The van der Waals surface area contributed by atoms with Crippen molar-refractivity contribution < 1.29 is 9.53 Å². The number of benzene rings is 2. The maximum atomic E-state index is 12.7. The molecule has 0 aliphatic rings. The monoisotopic (exact) mass is 366 g/mol. The maximum Gasteiger partial charge on any atom is 0.309 e. The van der Waals surface area contributed by atoms with E-state index < -0.39 is 0 Å². The smallest absolute Gasteiger partial charge is 0.309 e. The zero-order chi connectivity index (χ0) is 19.2. The summed E-state index contributed by atoms with van der Waals surface area (Å²) in [7, 11) is 0. The second-order valence-corrected chi connectivity index (χ2v) is 7.39. The van der Waals surface area contributed by atoms with Gasteiger partial charge in [-0.05, 0) is 24.0 Å². The van der Waals surface area contributed by atoms with Crippen LogP contribution in [0.1, 0.15) is 69.4 Å². The molecule has 0 aromatic heterocycles. The minimum absolute atomic E-state index is 0.0493. The number of hydrogen-bond donors (Lipinski definition) is 0. The van der Waals surface area contributed by atoms with Gasteiger partial charge in [-0.15, -0.1) is 0 Å². The average molecular weight is 367 g/mol. The van der Waals surface area contributed by atoms with Gasteiger partial charge >= 0.3 is 5.97 Å². The number of carbonyl (C=O) groups excluding carboxylic acids is 1. The molecule has 2 aromatic rings. The lowest BCUT2D eigenvalue weighted by atomic mass is 9.93. The van der Waals surface area contributed by atoms with Crippen molar-refractivity contribution in [1.82, 2.24) is 0 Å². The first kappa shape index (κ1) is 21.2. The van der Waals surface area contributed by atoms with Crippen molar-refractivity contribution in [3.05, 3.63) is 71.8 Å². The summed E-state index contributed by atoms with van der Waals surface area (Å²) in [4.78, 5) is 12.7. The second-order valence-electron chi connectivity index (χ2n) is 7.39. The van der Waals surface area contributed by atoms with E-state index in [0.29, 0.717) is 6.61 Å². The van der Waals surface area contributed by atoms with E-state index in [4.69, 9.17) is 4.74 Å². The van der Waals surface area contributed by atoms with Crippen LogP contribution in [0.5, 0.6) is 0 Å². The van der Waals surface area contributed by atoms with E-state index in [1.165, 1.54) is 44.1 Å². The van der Waals surface area contributed by atoms with E-state index in [9.17, 15) is 4.79 Å². The summed E-state index contributed by atoms with van der Waals surface area (Å²) in [6, 6.07) is 20.2. The second kappa shape index (κ2) is 13.1. The van der Waals surface area contributed by atoms with E-state index in [1.807, 2.05) is 48.5 Å². The number of ether oxygens (including phenoxy) is 1. The first-order valence-electron chi connectivity index (χ1n) is 10.5. The van der Waals surface area contributed by atoms with E-state index in [0.717, 1.165) is 24.8 Å². The lowest BCUT2D eigenvalue weighted by Crippen LogP contribution is -2.20. The highest BCUT2D eigenvalue weighted by atomic mass is 16.5. The Kier molecular flexibility index (Phi) is 10.3. The van der Waals surface area contributed by atoms with Crippen LogP contribution in [0, 0.1) is 5.92 Å². The summed E-state index contributed by atoms with van der Waals surface area (Å²) < 4.78 is 5.63. The van der Waals surface area contributed by atoms with Gasteiger partial charge in [-0.1, -0.05) is 113 Å². The van der Waals surface area contributed by atoms with Gasteiger partial charge < -0.3 is 4.74 Å². The van der Waals surface area contributed by atoms with Crippen LogP contribution in [0.15, 0.2) is 60.7 Å². The topological polar surface area (TPSA) is 26.3 Å². The molecule has 0 amide bonds. The molecule has 0 aliphatic carbocycles. The Balaban J connectivity index is 1.81. The molecular weight excluding hydrogens is 332 g/mol. The van der Waals surface area contributed by atoms with Crippen LogP contribution in [-0.2, 0) is 22.6 Å². The SMILES string of the molecule is CCCCCCCCCC(Cc1ccccc1)C(=O)OCc1ccccc1. The molecule has 0 spiro atoms. The Morgan fingerprint density at radius 1 is 0.778 bits per heavy atom. The molecule has 146 valence electrons. The zero-order valence-corrected chi connectivity index (χ0v) is 16.7. The van der Waals surface area contributed by atoms with Crippen LogP contribution in [0.4, 0.5) is 0 Å². The van der Waals surface area contributed by atoms with Crippen LogP contribution >= 0.6 is 0 Å². The largest absolute Gasteiger partial charge is 0.461 e. The average Bonchev–Trinajstić information content (AvgIpc) is 2.72. The summed E-state index contributed by atoms with van der Waals surface area (Å²) in [6.45, 7) is 2.61. The van der Waals surface area contributed by atoms with Crippen LogP contribution in [-0.4, -0.2) is 5.97 Å². The van der Waals surface area contributed by atoms with E-state index in [1.54, 1.807) is 0 Å². The molecule has 0 heterocycles. The fourth-order valence-electron chi connectivity index (χ4n) is 3.40. The molecule has 2 heteroatoms. The lowest BCUT2D eigenvalue weighted by molar-refractivity contribution is -0.150. The highest BCUT2D eigenvalue weighted by Gasteiger charge is 2.20. The Labute approximate surface area is 165 Å². The Morgan fingerprint density at radius 3 is 1.96 bits per heavy atom. The van der Waals surface area contributed by atoms with E-state index in [-0.39, 0.29) is 11.9 Å². The number of esters is 1. The molecule has 0 fully saturated rings. The van der Waals surface area contributed by atoms with E-state index >= 15 is 0 Å². The molecule has 0 aliphatic heterocycles. The molecule has 0 bridgehead atoms. The highest BCUT2D eigenvalue weighted by molar-refractivity contribution is 5.72. The van der Waals surface area contributed by atoms with Crippen molar-refractivity contribution >= 4 is 5.97 Å². The Morgan fingerprint density at radius 2 is 1.33 bits per heavy atom. The number of carbonyl (C=O) groups is 1. The fraction of sp³-hybridized carbons (Fsp3) is 0.480. The summed E-state index contributed by atoms with van der Waals surface area (Å²) in [5, 5.41) is 0. The van der Waals surface area contributed by atoms with Gasteiger partial charge in [-0.2, -0.15) is 0 Å². The first-order valence-corrected chi connectivity index (χ1v) is 10.5. The quantitative estimate of drug-likeness (QED) is 0.290. The zero-order valence-electron chi connectivity index (χ0n) is 16.7. The molecule has 1 atom stereocenters. The molecule has 0 saturated carbocycles. The third-order valence-electron chi connectivity index (χ3n) is 5.04.